The van der Waals surface area contributed by atoms with Crippen LogP contribution in [0.1, 0.15) is 51.4 Å². The van der Waals surface area contributed by atoms with Gasteiger partial charge in [-0.3, -0.25) is 0 Å². The molecule has 2 heterocycles. The average Bonchev–Trinajstić information content (AvgIpc) is 3.00. The number of hydrogen-bond donors (Lipinski definition) is 0. The summed E-state index contributed by atoms with van der Waals surface area (Å²) in [6, 6.07) is 4.76. The summed E-state index contributed by atoms with van der Waals surface area (Å²) in [5, 5.41) is 0. The first kappa shape index (κ1) is 12.5. The van der Waals surface area contributed by atoms with Crippen LogP contribution in [0.5, 0.6) is 0 Å². The summed E-state index contributed by atoms with van der Waals surface area (Å²) in [5.74, 6) is 3.09. The molecular weight excluding hydrogens is 256 g/mol. The summed E-state index contributed by atoms with van der Waals surface area (Å²) in [4.78, 5) is 2.55. The second-order valence-electron chi connectivity index (χ2n) is 8.30. The van der Waals surface area contributed by atoms with Gasteiger partial charge in [0.1, 0.15) is 0 Å². The van der Waals surface area contributed by atoms with Gasteiger partial charge in [-0.1, -0.05) is 0 Å². The lowest BCUT2D eigenvalue weighted by Gasteiger charge is -2.53. The lowest BCUT2D eigenvalue weighted by molar-refractivity contribution is -0.776. The molecule has 0 amide bonds. The molecule has 4 saturated carbocycles. The highest BCUT2D eigenvalue weighted by Gasteiger charge is 2.56. The van der Waals surface area contributed by atoms with Crippen molar-refractivity contribution in [1.29, 1.82) is 0 Å². The average molecular weight is 283 g/mol. The minimum atomic E-state index is 0.484. The number of anilines is 1. The second-order valence-corrected chi connectivity index (χ2v) is 8.30. The molecule has 1 aromatic heterocycles. The van der Waals surface area contributed by atoms with Gasteiger partial charge in [0.05, 0.1) is 0 Å². The van der Waals surface area contributed by atoms with Gasteiger partial charge in [0.25, 0.3) is 0 Å². The van der Waals surface area contributed by atoms with Crippen molar-refractivity contribution in [3.8, 4) is 0 Å². The van der Waals surface area contributed by atoms with E-state index in [1.807, 2.05) is 0 Å². The predicted octanol–water partition coefficient (Wildman–Crippen LogP) is 3.50. The van der Waals surface area contributed by atoms with E-state index in [1.165, 1.54) is 70.1 Å². The summed E-state index contributed by atoms with van der Waals surface area (Å²) >= 11 is 0. The SMILES string of the molecule is c1c[n+](C23CC4CC(CC(C4)C2)C3)ccc1N1CCCC1. The third-order valence-corrected chi connectivity index (χ3v) is 6.84. The zero-order valence-electron chi connectivity index (χ0n) is 13.0. The maximum absolute atomic E-state index is 2.61. The Bertz CT molecular complexity index is 492. The zero-order valence-corrected chi connectivity index (χ0v) is 13.0. The van der Waals surface area contributed by atoms with Crippen LogP contribution in [-0.2, 0) is 5.54 Å². The Kier molecular flexibility index (Phi) is 2.66. The molecule has 0 radical (unpaired) electrons. The Morgan fingerprint density at radius 2 is 1.38 bits per heavy atom. The molecule has 2 nitrogen and oxygen atoms in total. The fourth-order valence-corrected chi connectivity index (χ4v) is 6.30. The van der Waals surface area contributed by atoms with E-state index in [9.17, 15) is 0 Å². The maximum atomic E-state index is 2.61. The van der Waals surface area contributed by atoms with Crippen LogP contribution in [-0.4, -0.2) is 13.1 Å². The molecule has 0 N–H and O–H groups in total. The second kappa shape index (κ2) is 4.47. The Labute approximate surface area is 128 Å². The monoisotopic (exact) mass is 283 g/mol. The van der Waals surface area contributed by atoms with Crippen molar-refractivity contribution in [3.05, 3.63) is 24.5 Å². The molecule has 112 valence electrons. The zero-order chi connectivity index (χ0) is 13.9. The van der Waals surface area contributed by atoms with Crippen molar-refractivity contribution in [2.75, 3.05) is 18.0 Å². The van der Waals surface area contributed by atoms with Crippen molar-refractivity contribution >= 4 is 5.69 Å². The van der Waals surface area contributed by atoms with Crippen molar-refractivity contribution in [3.63, 3.8) is 0 Å². The van der Waals surface area contributed by atoms with Gasteiger partial charge in [0, 0.05) is 50.2 Å². The molecule has 1 saturated heterocycles. The van der Waals surface area contributed by atoms with Crippen LogP contribution in [0.25, 0.3) is 0 Å². The third kappa shape index (κ3) is 1.94. The standard InChI is InChI=1S/C19H27N2/c1-2-6-20(5-1)18-3-7-21(8-4-18)19-12-15-9-16(13-19)11-17(10-15)14-19/h3-4,7-8,15-17H,1-2,5-6,9-14H2/q+1. The van der Waals surface area contributed by atoms with Gasteiger partial charge >= 0.3 is 0 Å². The highest BCUT2D eigenvalue weighted by molar-refractivity contribution is 5.44. The molecule has 4 aliphatic carbocycles. The first-order chi connectivity index (χ1) is 10.3. The normalized spacial score (nSPS) is 41.0. The summed E-state index contributed by atoms with van der Waals surface area (Å²) in [7, 11) is 0. The number of nitrogens with zero attached hydrogens (tertiary/aromatic N) is 2. The minimum absolute atomic E-state index is 0.484. The van der Waals surface area contributed by atoms with Crippen LogP contribution in [0.2, 0.25) is 0 Å². The maximum Gasteiger partial charge on any atom is 0.171 e. The van der Waals surface area contributed by atoms with Crippen molar-refractivity contribution in [2.24, 2.45) is 17.8 Å². The van der Waals surface area contributed by atoms with Crippen LogP contribution in [0.15, 0.2) is 24.5 Å². The Morgan fingerprint density at radius 1 is 0.857 bits per heavy atom. The van der Waals surface area contributed by atoms with Crippen LogP contribution in [0.3, 0.4) is 0 Å². The number of rotatable bonds is 2. The van der Waals surface area contributed by atoms with E-state index in [0.717, 1.165) is 17.8 Å². The Morgan fingerprint density at radius 3 is 1.90 bits per heavy atom. The quantitative estimate of drug-likeness (QED) is 0.754. The van der Waals surface area contributed by atoms with E-state index in [1.54, 1.807) is 0 Å². The molecule has 21 heavy (non-hydrogen) atoms. The molecule has 1 aliphatic heterocycles. The van der Waals surface area contributed by atoms with Crippen molar-refractivity contribution in [1.82, 2.24) is 0 Å². The number of aromatic nitrogens is 1. The summed E-state index contributed by atoms with van der Waals surface area (Å²) in [5.41, 5.74) is 1.92. The van der Waals surface area contributed by atoms with Gasteiger partial charge < -0.3 is 4.90 Å². The van der Waals surface area contributed by atoms with E-state index >= 15 is 0 Å². The van der Waals surface area contributed by atoms with Crippen molar-refractivity contribution in [2.45, 2.75) is 56.9 Å². The first-order valence-electron chi connectivity index (χ1n) is 9.07. The van der Waals surface area contributed by atoms with E-state index in [2.05, 4.69) is 34.0 Å². The third-order valence-electron chi connectivity index (χ3n) is 6.84. The van der Waals surface area contributed by atoms with Crippen LogP contribution >= 0.6 is 0 Å². The number of pyridine rings is 1. The van der Waals surface area contributed by atoms with Gasteiger partial charge in [-0.25, -0.2) is 0 Å². The molecule has 2 heteroatoms. The van der Waals surface area contributed by atoms with Gasteiger partial charge in [-0.05, 0) is 49.9 Å². The summed E-state index contributed by atoms with van der Waals surface area (Å²) in [6.07, 6.45) is 16.5. The lowest BCUT2D eigenvalue weighted by atomic mass is 9.53. The molecule has 0 spiro atoms. The van der Waals surface area contributed by atoms with Gasteiger partial charge in [-0.15, -0.1) is 0 Å². The highest BCUT2D eigenvalue weighted by atomic mass is 15.1. The minimum Gasteiger partial charge on any atom is -0.371 e. The fourth-order valence-electron chi connectivity index (χ4n) is 6.30. The molecule has 5 fully saturated rings. The van der Waals surface area contributed by atoms with E-state index < -0.39 is 0 Å². The highest BCUT2D eigenvalue weighted by Crippen LogP contribution is 2.56. The van der Waals surface area contributed by atoms with Crippen molar-refractivity contribution < 1.29 is 4.57 Å². The van der Waals surface area contributed by atoms with E-state index in [4.69, 9.17) is 0 Å². The molecule has 6 rings (SSSR count). The molecule has 4 bridgehead atoms. The lowest BCUT2D eigenvalue weighted by Crippen LogP contribution is -2.64. The van der Waals surface area contributed by atoms with Crippen LogP contribution in [0.4, 0.5) is 5.69 Å². The summed E-state index contributed by atoms with van der Waals surface area (Å²) in [6.45, 7) is 2.50. The predicted molar refractivity (Wildman–Crippen MR) is 84.2 cm³/mol. The smallest absolute Gasteiger partial charge is 0.171 e. The van der Waals surface area contributed by atoms with Gasteiger partial charge in [0.2, 0.25) is 0 Å². The Balaban J connectivity index is 1.44. The molecular formula is C19H27N2+. The van der Waals surface area contributed by atoms with E-state index in [-0.39, 0.29) is 0 Å². The van der Waals surface area contributed by atoms with Crippen LogP contribution in [0, 0.1) is 17.8 Å². The molecule has 0 atom stereocenters. The summed E-state index contributed by atoms with van der Waals surface area (Å²) < 4.78 is 2.61. The largest absolute Gasteiger partial charge is 0.371 e. The fraction of sp³-hybridized carbons (Fsp3) is 0.737. The molecule has 5 aliphatic rings. The van der Waals surface area contributed by atoms with Crippen LogP contribution < -0.4 is 9.47 Å². The van der Waals surface area contributed by atoms with Gasteiger partial charge in [0.15, 0.2) is 17.9 Å². The van der Waals surface area contributed by atoms with E-state index in [0.29, 0.717) is 5.54 Å². The number of hydrogen-bond acceptors (Lipinski definition) is 1. The molecule has 0 aromatic carbocycles. The molecule has 1 aromatic rings. The van der Waals surface area contributed by atoms with Gasteiger partial charge in [-0.2, -0.15) is 4.57 Å². The molecule has 0 unspecified atom stereocenters. The first-order valence-corrected chi connectivity index (χ1v) is 9.07. The Hall–Kier alpha value is -1.05. The topological polar surface area (TPSA) is 7.12 Å².